The van der Waals surface area contributed by atoms with Crippen LogP contribution < -0.4 is 15.4 Å². The summed E-state index contributed by atoms with van der Waals surface area (Å²) < 4.78 is 5.38. The van der Waals surface area contributed by atoms with Crippen LogP contribution >= 0.6 is 11.3 Å². The Morgan fingerprint density at radius 1 is 1.08 bits per heavy atom. The van der Waals surface area contributed by atoms with E-state index >= 15 is 0 Å². The Bertz CT molecular complexity index is 849. The fraction of sp³-hybridized carbons (Fsp3) is 0.211. The van der Waals surface area contributed by atoms with Crippen molar-refractivity contribution in [3.63, 3.8) is 0 Å². The molecule has 2 amide bonds. The summed E-state index contributed by atoms with van der Waals surface area (Å²) in [6, 6.07) is 16.9. The Balaban J connectivity index is 1.59. The van der Waals surface area contributed by atoms with E-state index in [1.54, 1.807) is 12.1 Å². The lowest BCUT2D eigenvalue weighted by atomic mass is 10.0. The maximum atomic E-state index is 12.1. The van der Waals surface area contributed by atoms with E-state index in [0.717, 1.165) is 16.3 Å². The molecule has 3 aromatic rings. The van der Waals surface area contributed by atoms with Gasteiger partial charge < -0.3 is 10.1 Å². The third-order valence-corrected chi connectivity index (χ3v) is 4.78. The molecule has 2 aromatic carbocycles. The number of carbonyl (C=O) groups is 1. The van der Waals surface area contributed by atoms with Gasteiger partial charge in [0.25, 0.3) is 0 Å². The van der Waals surface area contributed by atoms with Gasteiger partial charge in [-0.25, -0.2) is 4.79 Å². The predicted octanol–water partition coefficient (Wildman–Crippen LogP) is 4.73. The lowest BCUT2D eigenvalue weighted by Gasteiger charge is -2.07. The van der Waals surface area contributed by atoms with Gasteiger partial charge in [-0.2, -0.15) is 0 Å². The molecule has 6 nitrogen and oxygen atoms in total. The molecule has 0 bridgehead atoms. The average molecular weight is 368 g/mol. The van der Waals surface area contributed by atoms with E-state index in [9.17, 15) is 4.79 Å². The van der Waals surface area contributed by atoms with Crippen LogP contribution in [0.3, 0.4) is 0 Å². The highest BCUT2D eigenvalue weighted by Crippen LogP contribution is 2.28. The zero-order valence-electron chi connectivity index (χ0n) is 14.6. The van der Waals surface area contributed by atoms with Crippen LogP contribution in [0.4, 0.5) is 15.6 Å². The Morgan fingerprint density at radius 2 is 1.81 bits per heavy atom. The Morgan fingerprint density at radius 3 is 2.50 bits per heavy atom. The molecule has 0 aliphatic heterocycles. The highest BCUT2D eigenvalue weighted by Gasteiger charge is 2.15. The Kier molecular flexibility index (Phi) is 5.80. The SMILES string of the molecule is CCOc1ccc(NC(=O)Nc2nnc(C(C)c3ccccc3)s2)cc1. The second-order valence-electron chi connectivity index (χ2n) is 5.61. The van der Waals surface area contributed by atoms with E-state index in [4.69, 9.17) is 4.74 Å². The number of nitrogens with one attached hydrogen (secondary N) is 2. The Labute approximate surface area is 156 Å². The molecule has 0 fully saturated rings. The zero-order chi connectivity index (χ0) is 18.4. The molecule has 0 saturated heterocycles. The number of anilines is 2. The molecule has 0 aliphatic carbocycles. The van der Waals surface area contributed by atoms with E-state index in [1.165, 1.54) is 11.3 Å². The fourth-order valence-electron chi connectivity index (χ4n) is 2.40. The molecule has 134 valence electrons. The van der Waals surface area contributed by atoms with Crippen LogP contribution in [0.25, 0.3) is 0 Å². The number of hydrogen-bond acceptors (Lipinski definition) is 5. The molecular weight excluding hydrogens is 348 g/mol. The molecule has 1 unspecified atom stereocenters. The van der Waals surface area contributed by atoms with Crippen molar-refractivity contribution in [2.45, 2.75) is 19.8 Å². The zero-order valence-corrected chi connectivity index (χ0v) is 15.4. The average Bonchev–Trinajstić information content (AvgIpc) is 3.12. The molecule has 0 radical (unpaired) electrons. The number of rotatable bonds is 6. The van der Waals surface area contributed by atoms with Gasteiger partial charge in [0, 0.05) is 11.6 Å². The summed E-state index contributed by atoms with van der Waals surface area (Å²) in [4.78, 5) is 12.1. The first kappa shape index (κ1) is 17.9. The van der Waals surface area contributed by atoms with Crippen LogP contribution in [0, 0.1) is 0 Å². The van der Waals surface area contributed by atoms with Gasteiger partial charge in [-0.15, -0.1) is 10.2 Å². The number of aromatic nitrogens is 2. The van der Waals surface area contributed by atoms with Crippen LogP contribution in [-0.2, 0) is 0 Å². The quantitative estimate of drug-likeness (QED) is 0.659. The molecule has 0 aliphatic rings. The topological polar surface area (TPSA) is 76.1 Å². The van der Waals surface area contributed by atoms with Crippen molar-refractivity contribution in [3.05, 3.63) is 65.2 Å². The van der Waals surface area contributed by atoms with E-state index in [-0.39, 0.29) is 11.9 Å². The van der Waals surface area contributed by atoms with E-state index in [2.05, 4.69) is 39.9 Å². The summed E-state index contributed by atoms with van der Waals surface area (Å²) >= 11 is 1.37. The van der Waals surface area contributed by atoms with Gasteiger partial charge in [0.2, 0.25) is 5.13 Å². The van der Waals surface area contributed by atoms with Crippen molar-refractivity contribution in [2.75, 3.05) is 17.2 Å². The molecule has 2 N–H and O–H groups in total. The van der Waals surface area contributed by atoms with Gasteiger partial charge in [0.1, 0.15) is 10.8 Å². The number of benzene rings is 2. The number of carbonyl (C=O) groups excluding carboxylic acids is 1. The second kappa shape index (κ2) is 8.44. The standard InChI is InChI=1S/C19H20N4O2S/c1-3-25-16-11-9-15(10-12-16)20-18(24)21-19-23-22-17(26-19)13(2)14-7-5-4-6-8-14/h4-13H,3H2,1-2H3,(H2,20,21,23,24). The minimum absolute atomic E-state index is 0.124. The van der Waals surface area contributed by atoms with Gasteiger partial charge in [-0.1, -0.05) is 48.6 Å². The van der Waals surface area contributed by atoms with Crippen LogP contribution in [0.1, 0.15) is 30.3 Å². The highest BCUT2D eigenvalue weighted by molar-refractivity contribution is 7.15. The van der Waals surface area contributed by atoms with Crippen molar-refractivity contribution >= 4 is 28.2 Å². The lowest BCUT2D eigenvalue weighted by molar-refractivity contribution is 0.262. The highest BCUT2D eigenvalue weighted by atomic mass is 32.1. The monoisotopic (exact) mass is 368 g/mol. The Hall–Kier alpha value is -2.93. The molecule has 0 saturated carbocycles. The molecule has 3 rings (SSSR count). The molecule has 26 heavy (non-hydrogen) atoms. The molecule has 0 spiro atoms. The number of nitrogens with zero attached hydrogens (tertiary/aromatic N) is 2. The number of ether oxygens (including phenoxy) is 1. The van der Waals surface area contributed by atoms with Crippen molar-refractivity contribution < 1.29 is 9.53 Å². The van der Waals surface area contributed by atoms with Crippen molar-refractivity contribution in [3.8, 4) is 5.75 Å². The maximum absolute atomic E-state index is 12.1. The minimum Gasteiger partial charge on any atom is -0.494 e. The van der Waals surface area contributed by atoms with Crippen molar-refractivity contribution in [2.24, 2.45) is 0 Å². The predicted molar refractivity (Wildman–Crippen MR) is 104 cm³/mol. The molecule has 1 atom stereocenters. The summed E-state index contributed by atoms with van der Waals surface area (Å²) in [5, 5.41) is 15.1. The van der Waals surface area contributed by atoms with E-state index < -0.39 is 0 Å². The van der Waals surface area contributed by atoms with Crippen LogP contribution in [-0.4, -0.2) is 22.8 Å². The summed E-state index contributed by atoms with van der Waals surface area (Å²) in [6.07, 6.45) is 0. The van der Waals surface area contributed by atoms with Crippen LogP contribution in [0.5, 0.6) is 5.75 Å². The summed E-state index contributed by atoms with van der Waals surface area (Å²) in [5.74, 6) is 0.889. The summed E-state index contributed by atoms with van der Waals surface area (Å²) in [6.45, 7) is 4.60. The normalized spacial score (nSPS) is 11.6. The number of amides is 2. The van der Waals surface area contributed by atoms with Gasteiger partial charge in [-0.3, -0.25) is 5.32 Å². The molecular formula is C19H20N4O2S. The largest absolute Gasteiger partial charge is 0.494 e. The molecule has 1 aromatic heterocycles. The van der Waals surface area contributed by atoms with Gasteiger partial charge in [0.15, 0.2) is 0 Å². The minimum atomic E-state index is -0.357. The number of urea groups is 1. The first-order valence-corrected chi connectivity index (χ1v) is 9.16. The smallest absolute Gasteiger partial charge is 0.325 e. The van der Waals surface area contributed by atoms with E-state index in [1.807, 2.05) is 37.3 Å². The fourth-order valence-corrected chi connectivity index (χ4v) is 3.22. The lowest BCUT2D eigenvalue weighted by Crippen LogP contribution is -2.19. The van der Waals surface area contributed by atoms with Gasteiger partial charge >= 0.3 is 6.03 Å². The van der Waals surface area contributed by atoms with Crippen LogP contribution in [0.2, 0.25) is 0 Å². The maximum Gasteiger partial charge on any atom is 0.325 e. The van der Waals surface area contributed by atoms with Gasteiger partial charge in [0.05, 0.1) is 6.61 Å². The van der Waals surface area contributed by atoms with Crippen molar-refractivity contribution in [1.82, 2.24) is 10.2 Å². The third-order valence-electron chi connectivity index (χ3n) is 3.75. The summed E-state index contributed by atoms with van der Waals surface area (Å²) in [5.41, 5.74) is 1.84. The molecule has 7 heteroatoms. The molecule has 1 heterocycles. The summed E-state index contributed by atoms with van der Waals surface area (Å²) in [7, 11) is 0. The third kappa shape index (κ3) is 4.58. The number of hydrogen-bond donors (Lipinski definition) is 2. The van der Waals surface area contributed by atoms with Crippen molar-refractivity contribution in [1.29, 1.82) is 0 Å². The first-order chi connectivity index (χ1) is 12.7. The van der Waals surface area contributed by atoms with Crippen LogP contribution in [0.15, 0.2) is 54.6 Å². The first-order valence-electron chi connectivity index (χ1n) is 8.35. The van der Waals surface area contributed by atoms with Gasteiger partial charge in [-0.05, 0) is 36.8 Å². The van der Waals surface area contributed by atoms with E-state index in [0.29, 0.717) is 17.4 Å². The second-order valence-corrected chi connectivity index (χ2v) is 6.62.